The van der Waals surface area contributed by atoms with Crippen LogP contribution in [0.3, 0.4) is 0 Å². The SMILES string of the molecule is NC1/C=C\CCC(N)CCCC1. The number of rotatable bonds is 0. The van der Waals surface area contributed by atoms with E-state index in [1.807, 2.05) is 0 Å². The first-order valence-corrected chi connectivity index (χ1v) is 4.97. The van der Waals surface area contributed by atoms with Gasteiger partial charge in [0.2, 0.25) is 0 Å². The number of allylic oxidation sites excluding steroid dienone is 1. The molecule has 0 amide bonds. The van der Waals surface area contributed by atoms with Gasteiger partial charge in [0.05, 0.1) is 0 Å². The maximum Gasteiger partial charge on any atom is 0.0223 e. The standard InChI is InChI=1S/C10H20N2/c11-9-5-1-2-6-10(12)8-4-3-7-9/h1,5,9-10H,2-4,6-8,11-12H2/b5-1-. The van der Waals surface area contributed by atoms with Gasteiger partial charge in [0.1, 0.15) is 0 Å². The van der Waals surface area contributed by atoms with E-state index in [9.17, 15) is 0 Å². The summed E-state index contributed by atoms with van der Waals surface area (Å²) in [6, 6.07) is 0.684. The quantitative estimate of drug-likeness (QED) is 0.539. The lowest BCUT2D eigenvalue weighted by Crippen LogP contribution is -2.21. The van der Waals surface area contributed by atoms with Crippen LogP contribution >= 0.6 is 0 Å². The molecule has 0 aliphatic heterocycles. The fourth-order valence-electron chi connectivity index (χ4n) is 1.61. The molecule has 2 heteroatoms. The molecule has 0 bridgehead atoms. The molecule has 2 unspecified atom stereocenters. The second-order valence-electron chi connectivity index (χ2n) is 3.71. The molecule has 0 spiro atoms. The molecule has 0 heterocycles. The summed E-state index contributed by atoms with van der Waals surface area (Å²) in [5, 5.41) is 0. The molecule has 0 aromatic heterocycles. The highest BCUT2D eigenvalue weighted by molar-refractivity contribution is 4.92. The minimum absolute atomic E-state index is 0.277. The van der Waals surface area contributed by atoms with E-state index in [1.165, 1.54) is 19.3 Å². The van der Waals surface area contributed by atoms with E-state index in [4.69, 9.17) is 11.5 Å². The lowest BCUT2D eigenvalue weighted by molar-refractivity contribution is 0.511. The minimum atomic E-state index is 0.277. The zero-order valence-electron chi connectivity index (χ0n) is 7.71. The molecule has 1 aliphatic carbocycles. The van der Waals surface area contributed by atoms with E-state index in [0.717, 1.165) is 19.3 Å². The van der Waals surface area contributed by atoms with E-state index >= 15 is 0 Å². The third kappa shape index (κ3) is 3.88. The van der Waals surface area contributed by atoms with E-state index in [2.05, 4.69) is 12.2 Å². The third-order valence-electron chi connectivity index (χ3n) is 2.45. The van der Waals surface area contributed by atoms with Gasteiger partial charge in [-0.15, -0.1) is 0 Å². The van der Waals surface area contributed by atoms with Gasteiger partial charge >= 0.3 is 0 Å². The van der Waals surface area contributed by atoms with Gasteiger partial charge in [-0.05, 0) is 25.7 Å². The maximum absolute atomic E-state index is 5.89. The summed E-state index contributed by atoms with van der Waals surface area (Å²) in [6.45, 7) is 0. The van der Waals surface area contributed by atoms with Crippen molar-refractivity contribution >= 4 is 0 Å². The third-order valence-corrected chi connectivity index (χ3v) is 2.45. The Balaban J connectivity index is 2.33. The first-order valence-electron chi connectivity index (χ1n) is 4.97. The van der Waals surface area contributed by atoms with Gasteiger partial charge in [-0.2, -0.15) is 0 Å². The summed E-state index contributed by atoms with van der Waals surface area (Å²) < 4.78 is 0. The van der Waals surface area contributed by atoms with E-state index in [-0.39, 0.29) is 6.04 Å². The van der Waals surface area contributed by atoms with Gasteiger partial charge in [0, 0.05) is 12.1 Å². The fourth-order valence-corrected chi connectivity index (χ4v) is 1.61. The summed E-state index contributed by atoms with van der Waals surface area (Å²) in [6.07, 6.45) is 11.2. The van der Waals surface area contributed by atoms with Crippen LogP contribution in [0.1, 0.15) is 38.5 Å². The highest BCUT2D eigenvalue weighted by Crippen LogP contribution is 2.11. The molecule has 0 aromatic carbocycles. The van der Waals surface area contributed by atoms with Gasteiger partial charge in [-0.1, -0.05) is 25.0 Å². The molecule has 0 saturated carbocycles. The molecule has 1 aliphatic rings. The van der Waals surface area contributed by atoms with Crippen molar-refractivity contribution in [1.29, 1.82) is 0 Å². The molecule has 1 rings (SSSR count). The molecule has 0 fully saturated rings. The van der Waals surface area contributed by atoms with Gasteiger partial charge in [-0.3, -0.25) is 0 Å². The minimum Gasteiger partial charge on any atom is -0.328 e. The number of hydrogen-bond acceptors (Lipinski definition) is 2. The normalized spacial score (nSPS) is 35.8. The largest absolute Gasteiger partial charge is 0.328 e. The summed E-state index contributed by atoms with van der Waals surface area (Å²) >= 11 is 0. The van der Waals surface area contributed by atoms with Crippen LogP contribution in [0.15, 0.2) is 12.2 Å². The predicted octanol–water partition coefficient (Wildman–Crippen LogP) is 1.55. The van der Waals surface area contributed by atoms with Crippen molar-refractivity contribution in [1.82, 2.24) is 0 Å². The molecule has 2 nitrogen and oxygen atoms in total. The van der Waals surface area contributed by atoms with Crippen molar-refractivity contribution in [2.75, 3.05) is 0 Å². The molecule has 70 valence electrons. The lowest BCUT2D eigenvalue weighted by atomic mass is 10.00. The first-order chi connectivity index (χ1) is 5.79. The van der Waals surface area contributed by atoms with Crippen LogP contribution in [0.5, 0.6) is 0 Å². The van der Waals surface area contributed by atoms with Gasteiger partial charge in [0.25, 0.3) is 0 Å². The smallest absolute Gasteiger partial charge is 0.0223 e. The monoisotopic (exact) mass is 168 g/mol. The number of hydrogen-bond donors (Lipinski definition) is 2. The molecule has 12 heavy (non-hydrogen) atoms. The summed E-state index contributed by atoms with van der Waals surface area (Å²) in [4.78, 5) is 0. The summed E-state index contributed by atoms with van der Waals surface area (Å²) in [7, 11) is 0. The van der Waals surface area contributed by atoms with Crippen molar-refractivity contribution in [3.8, 4) is 0 Å². The zero-order chi connectivity index (χ0) is 8.81. The molecular weight excluding hydrogens is 148 g/mol. The Bertz CT molecular complexity index is 143. The molecule has 2 atom stereocenters. The molecule has 0 aromatic rings. The fraction of sp³-hybridized carbons (Fsp3) is 0.800. The van der Waals surface area contributed by atoms with E-state index in [0.29, 0.717) is 6.04 Å². The van der Waals surface area contributed by atoms with Crippen molar-refractivity contribution in [2.24, 2.45) is 11.5 Å². The molecule has 0 radical (unpaired) electrons. The van der Waals surface area contributed by atoms with Gasteiger partial charge in [-0.25, -0.2) is 0 Å². The zero-order valence-corrected chi connectivity index (χ0v) is 7.71. The topological polar surface area (TPSA) is 52.0 Å². The van der Waals surface area contributed by atoms with Crippen LogP contribution in [0, 0.1) is 0 Å². The lowest BCUT2D eigenvalue weighted by Gasteiger charge is -2.13. The maximum atomic E-state index is 5.89. The van der Waals surface area contributed by atoms with Crippen molar-refractivity contribution in [3.63, 3.8) is 0 Å². The second kappa shape index (κ2) is 5.33. The number of nitrogens with two attached hydrogens (primary N) is 2. The highest BCUT2D eigenvalue weighted by Gasteiger charge is 2.04. The van der Waals surface area contributed by atoms with E-state index < -0.39 is 0 Å². The van der Waals surface area contributed by atoms with Crippen LogP contribution in [-0.2, 0) is 0 Å². The molecular formula is C10H20N2. The van der Waals surface area contributed by atoms with E-state index in [1.54, 1.807) is 0 Å². The average Bonchev–Trinajstić information content (AvgIpc) is 2.06. The predicted molar refractivity (Wildman–Crippen MR) is 52.8 cm³/mol. The Morgan fingerprint density at radius 1 is 1.00 bits per heavy atom. The Morgan fingerprint density at radius 2 is 1.75 bits per heavy atom. The summed E-state index contributed by atoms with van der Waals surface area (Å²) in [5.74, 6) is 0. The first kappa shape index (κ1) is 9.75. The Hall–Kier alpha value is -0.340. The van der Waals surface area contributed by atoms with Crippen LogP contribution in [0.4, 0.5) is 0 Å². The summed E-state index contributed by atoms with van der Waals surface area (Å²) in [5.41, 5.74) is 11.7. The Morgan fingerprint density at radius 3 is 2.58 bits per heavy atom. The van der Waals surface area contributed by atoms with Crippen LogP contribution in [-0.4, -0.2) is 12.1 Å². The van der Waals surface area contributed by atoms with Gasteiger partial charge < -0.3 is 11.5 Å². The molecule has 0 saturated heterocycles. The van der Waals surface area contributed by atoms with Crippen molar-refractivity contribution in [3.05, 3.63) is 12.2 Å². The Kier molecular flexibility index (Phi) is 4.33. The van der Waals surface area contributed by atoms with Crippen LogP contribution < -0.4 is 11.5 Å². The van der Waals surface area contributed by atoms with Gasteiger partial charge in [0.15, 0.2) is 0 Å². The van der Waals surface area contributed by atoms with Crippen LogP contribution in [0.2, 0.25) is 0 Å². The molecule has 4 N–H and O–H groups in total. The second-order valence-corrected chi connectivity index (χ2v) is 3.71. The Labute approximate surface area is 75.0 Å². The van der Waals surface area contributed by atoms with Crippen molar-refractivity contribution in [2.45, 2.75) is 50.6 Å². The highest BCUT2D eigenvalue weighted by atomic mass is 14.6. The van der Waals surface area contributed by atoms with Crippen LogP contribution in [0.25, 0.3) is 0 Å². The van der Waals surface area contributed by atoms with Crippen molar-refractivity contribution < 1.29 is 0 Å². The average molecular weight is 168 g/mol.